The fourth-order valence-corrected chi connectivity index (χ4v) is 4.33. The molecule has 0 N–H and O–H groups in total. The molecule has 0 unspecified atom stereocenters. The fraction of sp³-hybridized carbons (Fsp3) is 0.346. The molecular weight excluding hydrogens is 434 g/mol. The highest BCUT2D eigenvalue weighted by Gasteiger charge is 2.26. The van der Waals surface area contributed by atoms with E-state index in [-0.39, 0.29) is 17.9 Å². The molecule has 0 aliphatic carbocycles. The second-order valence-corrected chi connectivity index (χ2v) is 8.29. The molecule has 0 amide bonds. The Kier molecular flexibility index (Phi) is 7.27. The van der Waals surface area contributed by atoms with Gasteiger partial charge in [-0.15, -0.1) is 0 Å². The molecule has 3 aromatic rings. The largest absolute Gasteiger partial charge is 0.496 e. The van der Waals surface area contributed by atoms with Crippen molar-refractivity contribution in [3.8, 4) is 11.5 Å². The highest BCUT2D eigenvalue weighted by Crippen LogP contribution is 2.26. The van der Waals surface area contributed by atoms with Gasteiger partial charge in [0.25, 0.3) is 5.56 Å². The number of methoxy groups -OCH3 is 2. The van der Waals surface area contributed by atoms with E-state index in [4.69, 9.17) is 14.2 Å². The van der Waals surface area contributed by atoms with Crippen LogP contribution < -0.4 is 15.0 Å². The summed E-state index contributed by atoms with van der Waals surface area (Å²) < 4.78 is 18.0. The van der Waals surface area contributed by atoms with Crippen LogP contribution >= 0.6 is 0 Å². The standard InChI is InChI=1S/C26H29N3O5/c1-18-13-19(6-7-22(18)32-2)16-28-10-8-21-25(26(31)33-3)23(14-24(30)29(21)12-11-28)34-17-20-5-4-9-27-15-20/h4-7,9,13-15H,8,10-12,16-17H2,1-3H3. The maximum atomic E-state index is 13.0. The van der Waals surface area contributed by atoms with E-state index in [1.54, 1.807) is 24.1 Å². The van der Waals surface area contributed by atoms with Crippen LogP contribution in [0.2, 0.25) is 0 Å². The Morgan fingerprint density at radius 2 is 1.91 bits per heavy atom. The molecule has 1 aliphatic heterocycles. The maximum Gasteiger partial charge on any atom is 0.343 e. The van der Waals surface area contributed by atoms with E-state index in [2.05, 4.69) is 22.0 Å². The summed E-state index contributed by atoms with van der Waals surface area (Å²) in [6.45, 7) is 4.83. The molecule has 3 heterocycles. The van der Waals surface area contributed by atoms with Crippen LogP contribution in [0.15, 0.2) is 53.6 Å². The molecule has 8 nitrogen and oxygen atoms in total. The molecule has 2 aromatic heterocycles. The predicted octanol–water partition coefficient (Wildman–Crippen LogP) is 2.98. The number of aromatic nitrogens is 2. The lowest BCUT2D eigenvalue weighted by atomic mass is 10.1. The molecule has 0 spiro atoms. The van der Waals surface area contributed by atoms with Crippen molar-refractivity contribution in [1.29, 1.82) is 0 Å². The molecule has 0 radical (unpaired) electrons. The summed E-state index contributed by atoms with van der Waals surface area (Å²) in [5.41, 5.74) is 3.87. The van der Waals surface area contributed by atoms with Crippen molar-refractivity contribution < 1.29 is 19.0 Å². The third-order valence-corrected chi connectivity index (χ3v) is 6.06. The summed E-state index contributed by atoms with van der Waals surface area (Å²) >= 11 is 0. The third kappa shape index (κ3) is 5.12. The van der Waals surface area contributed by atoms with Crippen LogP contribution in [0, 0.1) is 6.92 Å². The smallest absolute Gasteiger partial charge is 0.343 e. The third-order valence-electron chi connectivity index (χ3n) is 6.06. The molecule has 34 heavy (non-hydrogen) atoms. The van der Waals surface area contributed by atoms with Crippen molar-refractivity contribution in [3.05, 3.63) is 87.1 Å². The van der Waals surface area contributed by atoms with Gasteiger partial charge >= 0.3 is 5.97 Å². The first-order chi connectivity index (χ1) is 16.5. The van der Waals surface area contributed by atoms with Crippen LogP contribution in [0.4, 0.5) is 0 Å². The molecule has 8 heteroatoms. The van der Waals surface area contributed by atoms with Crippen LogP contribution in [-0.2, 0) is 30.9 Å². The summed E-state index contributed by atoms with van der Waals surface area (Å²) in [5, 5.41) is 0. The van der Waals surface area contributed by atoms with E-state index in [1.165, 1.54) is 18.7 Å². The highest BCUT2D eigenvalue weighted by atomic mass is 16.5. The first-order valence-electron chi connectivity index (χ1n) is 11.2. The Labute approximate surface area is 198 Å². The van der Waals surface area contributed by atoms with Gasteiger partial charge in [-0.25, -0.2) is 4.79 Å². The Morgan fingerprint density at radius 1 is 1.06 bits per heavy atom. The SMILES string of the molecule is COC(=O)c1c(OCc2cccnc2)cc(=O)n2c1CCN(Cc1ccc(OC)c(C)c1)CC2. The lowest BCUT2D eigenvalue weighted by Crippen LogP contribution is -2.29. The molecular formula is C26H29N3O5. The summed E-state index contributed by atoms with van der Waals surface area (Å²) in [6.07, 6.45) is 3.89. The maximum absolute atomic E-state index is 13.0. The molecule has 0 fully saturated rings. The van der Waals surface area contributed by atoms with Crippen molar-refractivity contribution in [3.63, 3.8) is 0 Å². The van der Waals surface area contributed by atoms with Gasteiger partial charge in [0.05, 0.1) is 14.2 Å². The number of rotatable bonds is 7. The van der Waals surface area contributed by atoms with Crippen LogP contribution in [0.1, 0.15) is 32.7 Å². The zero-order chi connectivity index (χ0) is 24.1. The van der Waals surface area contributed by atoms with Gasteiger partial charge in [-0.1, -0.05) is 18.2 Å². The van der Waals surface area contributed by atoms with E-state index < -0.39 is 5.97 Å². The number of aryl methyl sites for hydroxylation is 1. The van der Waals surface area contributed by atoms with Crippen LogP contribution in [0.3, 0.4) is 0 Å². The molecule has 1 aliphatic rings. The molecule has 0 bridgehead atoms. The van der Waals surface area contributed by atoms with Crippen LogP contribution in [-0.4, -0.2) is 47.7 Å². The number of hydrogen-bond donors (Lipinski definition) is 0. The zero-order valence-electron chi connectivity index (χ0n) is 19.7. The number of ether oxygens (including phenoxy) is 3. The molecule has 1 aromatic carbocycles. The topological polar surface area (TPSA) is 82.9 Å². The summed E-state index contributed by atoms with van der Waals surface area (Å²) in [5.74, 6) is 0.593. The highest BCUT2D eigenvalue weighted by molar-refractivity contribution is 5.93. The van der Waals surface area contributed by atoms with Crippen molar-refractivity contribution in [1.82, 2.24) is 14.5 Å². The molecule has 4 rings (SSSR count). The van der Waals surface area contributed by atoms with Crippen LogP contribution in [0.5, 0.6) is 11.5 Å². The number of nitrogens with zero attached hydrogens (tertiary/aromatic N) is 3. The normalized spacial score (nSPS) is 13.6. The van der Waals surface area contributed by atoms with Crippen molar-refractivity contribution in [2.24, 2.45) is 0 Å². The number of carbonyl (C=O) groups is 1. The van der Waals surface area contributed by atoms with E-state index in [9.17, 15) is 9.59 Å². The lowest BCUT2D eigenvalue weighted by molar-refractivity contribution is 0.0592. The van der Waals surface area contributed by atoms with Gasteiger partial charge < -0.3 is 18.8 Å². The quantitative estimate of drug-likeness (QED) is 0.498. The number of hydrogen-bond acceptors (Lipinski definition) is 7. The number of benzene rings is 1. The Hall–Kier alpha value is -3.65. The summed E-state index contributed by atoms with van der Waals surface area (Å²) in [4.78, 5) is 32.1. The van der Waals surface area contributed by atoms with Gasteiger partial charge in [0.1, 0.15) is 23.7 Å². The minimum atomic E-state index is -0.510. The first-order valence-corrected chi connectivity index (χ1v) is 11.2. The minimum absolute atomic E-state index is 0.189. The van der Waals surface area contributed by atoms with Crippen molar-refractivity contribution in [2.75, 3.05) is 27.3 Å². The van der Waals surface area contributed by atoms with E-state index >= 15 is 0 Å². The second kappa shape index (κ2) is 10.5. The molecule has 0 atom stereocenters. The monoisotopic (exact) mass is 463 g/mol. The number of carbonyl (C=O) groups excluding carboxylic acids is 1. The molecule has 0 saturated carbocycles. The number of pyridine rings is 2. The number of fused-ring (bicyclic) bond motifs is 1. The molecule has 0 saturated heterocycles. The summed E-state index contributed by atoms with van der Waals surface area (Å²) in [7, 11) is 3.00. The minimum Gasteiger partial charge on any atom is -0.496 e. The number of esters is 1. The average Bonchev–Trinajstić information content (AvgIpc) is 3.06. The zero-order valence-corrected chi connectivity index (χ0v) is 19.7. The second-order valence-electron chi connectivity index (χ2n) is 8.29. The Morgan fingerprint density at radius 3 is 2.62 bits per heavy atom. The van der Waals surface area contributed by atoms with Crippen LogP contribution in [0.25, 0.3) is 0 Å². The van der Waals surface area contributed by atoms with E-state index in [0.29, 0.717) is 37.3 Å². The van der Waals surface area contributed by atoms with E-state index in [1.807, 2.05) is 25.1 Å². The average molecular weight is 464 g/mol. The fourth-order valence-electron chi connectivity index (χ4n) is 4.33. The summed E-state index contributed by atoms with van der Waals surface area (Å²) in [6, 6.07) is 11.2. The van der Waals surface area contributed by atoms with Crippen molar-refractivity contribution >= 4 is 5.97 Å². The lowest BCUT2D eigenvalue weighted by Gasteiger charge is -2.20. The van der Waals surface area contributed by atoms with Gasteiger partial charge in [0.15, 0.2) is 0 Å². The van der Waals surface area contributed by atoms with Crippen molar-refractivity contribution in [2.45, 2.75) is 33.0 Å². The van der Waals surface area contributed by atoms with Gasteiger partial charge in [0, 0.05) is 62.3 Å². The Bertz CT molecular complexity index is 1220. The predicted molar refractivity (Wildman–Crippen MR) is 127 cm³/mol. The van der Waals surface area contributed by atoms with Gasteiger partial charge in [0.2, 0.25) is 0 Å². The Balaban J connectivity index is 1.58. The molecule has 178 valence electrons. The van der Waals surface area contributed by atoms with Gasteiger partial charge in [-0.05, 0) is 30.2 Å². The van der Waals surface area contributed by atoms with E-state index in [0.717, 1.165) is 23.4 Å². The first kappa shape index (κ1) is 23.5. The van der Waals surface area contributed by atoms with Gasteiger partial charge in [-0.3, -0.25) is 14.7 Å². The van der Waals surface area contributed by atoms with Gasteiger partial charge in [-0.2, -0.15) is 0 Å².